The van der Waals surface area contributed by atoms with Gasteiger partial charge < -0.3 is 0 Å². The summed E-state index contributed by atoms with van der Waals surface area (Å²) in [4.78, 5) is 0. The topological polar surface area (TPSA) is 0 Å². The van der Waals surface area contributed by atoms with E-state index in [1.54, 1.807) is 0 Å². The Bertz CT molecular complexity index is 533. The normalized spacial score (nSPS) is 10.7. The van der Waals surface area contributed by atoms with Crippen molar-refractivity contribution < 1.29 is 0 Å². The molecule has 94 valence electrons. The van der Waals surface area contributed by atoms with E-state index >= 15 is 0 Å². The van der Waals surface area contributed by atoms with E-state index in [0.29, 0.717) is 0 Å². The summed E-state index contributed by atoms with van der Waals surface area (Å²) in [6.45, 7) is 8.81. The average molecular weight is 238 g/mol. The number of hydrogen-bond donors (Lipinski definition) is 0. The van der Waals surface area contributed by atoms with Crippen LogP contribution in [0, 0.1) is 20.8 Å². The average Bonchev–Trinajstić information content (AvgIpc) is 2.35. The molecule has 0 heterocycles. The third kappa shape index (κ3) is 2.64. The molecule has 0 unspecified atom stereocenters. The lowest BCUT2D eigenvalue weighted by molar-refractivity contribution is 0.919. The third-order valence-corrected chi connectivity index (χ3v) is 3.63. The minimum absolute atomic E-state index is 1.17. The van der Waals surface area contributed by atoms with Crippen LogP contribution in [-0.2, 0) is 6.42 Å². The van der Waals surface area contributed by atoms with Gasteiger partial charge in [-0.2, -0.15) is 0 Å². The van der Waals surface area contributed by atoms with Crippen molar-refractivity contribution >= 4 is 0 Å². The van der Waals surface area contributed by atoms with E-state index in [-0.39, 0.29) is 0 Å². The smallest absolute Gasteiger partial charge is 0.0149 e. The maximum atomic E-state index is 2.36. The van der Waals surface area contributed by atoms with Gasteiger partial charge in [0.25, 0.3) is 0 Å². The van der Waals surface area contributed by atoms with Crippen LogP contribution in [0.4, 0.5) is 0 Å². The highest BCUT2D eigenvalue weighted by Gasteiger charge is 2.06. The number of aryl methyl sites for hydroxylation is 3. The van der Waals surface area contributed by atoms with Crippen molar-refractivity contribution in [3.8, 4) is 11.1 Å². The van der Waals surface area contributed by atoms with Gasteiger partial charge in [0.2, 0.25) is 0 Å². The van der Waals surface area contributed by atoms with Crippen molar-refractivity contribution in [1.82, 2.24) is 0 Å². The van der Waals surface area contributed by atoms with Crippen LogP contribution in [0.25, 0.3) is 11.1 Å². The maximum absolute atomic E-state index is 2.36. The minimum atomic E-state index is 1.17. The van der Waals surface area contributed by atoms with Crippen molar-refractivity contribution in [2.75, 3.05) is 0 Å². The molecule has 2 rings (SSSR count). The van der Waals surface area contributed by atoms with Gasteiger partial charge in [-0.25, -0.2) is 0 Å². The van der Waals surface area contributed by atoms with Gasteiger partial charge >= 0.3 is 0 Å². The Kier molecular flexibility index (Phi) is 3.86. The van der Waals surface area contributed by atoms with Crippen molar-refractivity contribution in [3.05, 3.63) is 58.7 Å². The fourth-order valence-electron chi connectivity index (χ4n) is 2.40. The zero-order valence-corrected chi connectivity index (χ0v) is 11.9. The van der Waals surface area contributed by atoms with Crippen molar-refractivity contribution in [1.29, 1.82) is 0 Å². The highest BCUT2D eigenvalue weighted by Crippen LogP contribution is 2.28. The lowest BCUT2D eigenvalue weighted by Crippen LogP contribution is -1.92. The Balaban J connectivity index is 2.51. The van der Waals surface area contributed by atoms with E-state index in [1.165, 1.54) is 46.2 Å². The molecule has 0 N–H and O–H groups in total. The Morgan fingerprint density at radius 2 is 1.56 bits per heavy atom. The SMILES string of the molecule is CCCc1cc(C)c(C)c(-c2ccc(C)cc2)c1. The van der Waals surface area contributed by atoms with E-state index in [9.17, 15) is 0 Å². The summed E-state index contributed by atoms with van der Waals surface area (Å²) in [6, 6.07) is 13.5. The Morgan fingerprint density at radius 3 is 2.17 bits per heavy atom. The second kappa shape index (κ2) is 5.39. The molecule has 0 atom stereocenters. The van der Waals surface area contributed by atoms with Crippen LogP contribution in [0.2, 0.25) is 0 Å². The van der Waals surface area contributed by atoms with Gasteiger partial charge in [0.1, 0.15) is 0 Å². The van der Waals surface area contributed by atoms with Gasteiger partial charge in [-0.15, -0.1) is 0 Å². The molecular weight excluding hydrogens is 216 g/mol. The molecule has 18 heavy (non-hydrogen) atoms. The Labute approximate surface area is 111 Å². The zero-order chi connectivity index (χ0) is 13.1. The molecule has 0 aliphatic heterocycles. The molecule has 0 radical (unpaired) electrons. The predicted octanol–water partition coefficient (Wildman–Crippen LogP) is 5.23. The molecule has 0 aliphatic carbocycles. The Morgan fingerprint density at radius 1 is 0.889 bits per heavy atom. The summed E-state index contributed by atoms with van der Waals surface area (Å²) in [7, 11) is 0. The molecule has 0 saturated heterocycles. The van der Waals surface area contributed by atoms with E-state index in [0.717, 1.165) is 0 Å². The van der Waals surface area contributed by atoms with Gasteiger partial charge in [0.15, 0.2) is 0 Å². The van der Waals surface area contributed by atoms with Crippen molar-refractivity contribution in [3.63, 3.8) is 0 Å². The molecule has 0 aromatic heterocycles. The zero-order valence-electron chi connectivity index (χ0n) is 11.9. The third-order valence-electron chi connectivity index (χ3n) is 3.63. The van der Waals surface area contributed by atoms with Crippen LogP contribution >= 0.6 is 0 Å². The first kappa shape index (κ1) is 12.9. The molecule has 0 bridgehead atoms. The highest BCUT2D eigenvalue weighted by molar-refractivity contribution is 5.69. The fourth-order valence-corrected chi connectivity index (χ4v) is 2.40. The van der Waals surface area contributed by atoms with Crippen LogP contribution in [0.15, 0.2) is 36.4 Å². The van der Waals surface area contributed by atoms with Gasteiger partial charge in [-0.3, -0.25) is 0 Å². The lowest BCUT2D eigenvalue weighted by atomic mass is 9.93. The first-order chi connectivity index (χ1) is 8.61. The molecule has 0 fully saturated rings. The lowest BCUT2D eigenvalue weighted by Gasteiger charge is -2.12. The Hall–Kier alpha value is -1.56. The molecule has 0 heteroatoms. The standard InChI is InChI=1S/C18H22/c1-5-6-16-11-14(3)15(4)18(12-16)17-9-7-13(2)8-10-17/h7-12H,5-6H2,1-4H3. The quantitative estimate of drug-likeness (QED) is 0.686. The maximum Gasteiger partial charge on any atom is -0.0149 e. The molecular formula is C18H22. The molecule has 0 aliphatic rings. The van der Waals surface area contributed by atoms with Gasteiger partial charge in [0.05, 0.1) is 0 Å². The van der Waals surface area contributed by atoms with Crippen LogP contribution in [0.1, 0.15) is 35.6 Å². The van der Waals surface area contributed by atoms with Crippen LogP contribution < -0.4 is 0 Å². The van der Waals surface area contributed by atoms with E-state index in [4.69, 9.17) is 0 Å². The molecule has 2 aromatic carbocycles. The van der Waals surface area contributed by atoms with Gasteiger partial charge in [0, 0.05) is 0 Å². The van der Waals surface area contributed by atoms with Crippen molar-refractivity contribution in [2.45, 2.75) is 40.5 Å². The minimum Gasteiger partial charge on any atom is -0.0651 e. The predicted molar refractivity (Wildman–Crippen MR) is 80.1 cm³/mol. The molecule has 0 spiro atoms. The number of hydrogen-bond acceptors (Lipinski definition) is 0. The molecule has 0 saturated carbocycles. The number of rotatable bonds is 3. The molecule has 2 aromatic rings. The second-order valence-electron chi connectivity index (χ2n) is 5.20. The summed E-state index contributed by atoms with van der Waals surface area (Å²) in [5.74, 6) is 0. The van der Waals surface area contributed by atoms with Crippen LogP contribution in [0.3, 0.4) is 0 Å². The second-order valence-corrected chi connectivity index (χ2v) is 5.20. The summed E-state index contributed by atoms with van der Waals surface area (Å²) in [5.41, 5.74) is 8.29. The van der Waals surface area contributed by atoms with E-state index < -0.39 is 0 Å². The molecule has 0 amide bonds. The van der Waals surface area contributed by atoms with Crippen LogP contribution in [0.5, 0.6) is 0 Å². The summed E-state index contributed by atoms with van der Waals surface area (Å²) in [6.07, 6.45) is 2.37. The first-order valence-corrected chi connectivity index (χ1v) is 6.79. The van der Waals surface area contributed by atoms with Gasteiger partial charge in [-0.05, 0) is 55.0 Å². The van der Waals surface area contributed by atoms with Gasteiger partial charge in [-0.1, -0.05) is 55.3 Å². The fraction of sp³-hybridized carbons (Fsp3) is 0.333. The van der Waals surface area contributed by atoms with E-state index in [1.807, 2.05) is 0 Å². The van der Waals surface area contributed by atoms with E-state index in [2.05, 4.69) is 64.1 Å². The summed E-state index contributed by atoms with van der Waals surface area (Å²) >= 11 is 0. The monoisotopic (exact) mass is 238 g/mol. The first-order valence-electron chi connectivity index (χ1n) is 6.79. The highest BCUT2D eigenvalue weighted by atomic mass is 14.1. The summed E-state index contributed by atoms with van der Waals surface area (Å²) < 4.78 is 0. The number of benzene rings is 2. The molecule has 0 nitrogen and oxygen atoms in total. The van der Waals surface area contributed by atoms with Crippen LogP contribution in [-0.4, -0.2) is 0 Å². The van der Waals surface area contributed by atoms with Crippen molar-refractivity contribution in [2.24, 2.45) is 0 Å². The summed E-state index contributed by atoms with van der Waals surface area (Å²) in [5, 5.41) is 0. The largest absolute Gasteiger partial charge is 0.0651 e.